The van der Waals surface area contributed by atoms with E-state index in [0.717, 1.165) is 21.3 Å². The molecule has 0 bridgehead atoms. The fraction of sp³-hybridized carbons (Fsp3) is 0.0455. The Balaban J connectivity index is 1.61. The van der Waals surface area contributed by atoms with Gasteiger partial charge in [0.1, 0.15) is 12.0 Å². The minimum Gasteiger partial charge on any atom is -0.364 e. The molecule has 0 aliphatic rings. The zero-order chi connectivity index (χ0) is 21.5. The molecular weight excluding hydrogens is 412 g/mol. The van der Waals surface area contributed by atoms with Gasteiger partial charge in [0.05, 0.1) is 15.9 Å². The van der Waals surface area contributed by atoms with Gasteiger partial charge in [-0.1, -0.05) is 47.7 Å². The van der Waals surface area contributed by atoms with Crippen molar-refractivity contribution >= 4 is 44.1 Å². The SMILES string of the molecule is Cc1ccc2nc(NC(=O)c3cc(-c4ccccc4)nc4c(C(N)=O)ncn34)sc2c1. The van der Waals surface area contributed by atoms with Crippen LogP contribution in [-0.2, 0) is 0 Å². The van der Waals surface area contributed by atoms with E-state index in [1.807, 2.05) is 55.5 Å². The summed E-state index contributed by atoms with van der Waals surface area (Å²) >= 11 is 1.39. The van der Waals surface area contributed by atoms with Gasteiger partial charge in [-0.05, 0) is 30.7 Å². The molecule has 0 atom stereocenters. The average Bonchev–Trinajstić information content (AvgIpc) is 3.36. The zero-order valence-corrected chi connectivity index (χ0v) is 17.2. The third kappa shape index (κ3) is 3.40. The van der Waals surface area contributed by atoms with Gasteiger partial charge in [0.25, 0.3) is 11.8 Å². The first-order valence-corrected chi connectivity index (χ1v) is 10.2. The molecule has 0 radical (unpaired) electrons. The number of hydrogen-bond donors (Lipinski definition) is 2. The highest BCUT2D eigenvalue weighted by molar-refractivity contribution is 7.22. The largest absolute Gasteiger partial charge is 0.364 e. The first kappa shape index (κ1) is 18.9. The number of nitrogens with zero attached hydrogens (tertiary/aromatic N) is 4. The van der Waals surface area contributed by atoms with Crippen molar-refractivity contribution in [2.24, 2.45) is 5.73 Å². The highest BCUT2D eigenvalue weighted by Crippen LogP contribution is 2.28. The second kappa shape index (κ2) is 7.29. The van der Waals surface area contributed by atoms with Gasteiger partial charge in [0, 0.05) is 5.56 Å². The molecule has 0 fully saturated rings. The van der Waals surface area contributed by atoms with Crippen LogP contribution in [0.5, 0.6) is 0 Å². The van der Waals surface area contributed by atoms with Crippen molar-refractivity contribution in [3.05, 3.63) is 77.9 Å². The Kier molecular flexibility index (Phi) is 4.45. The lowest BCUT2D eigenvalue weighted by Crippen LogP contribution is -2.17. The fourth-order valence-corrected chi connectivity index (χ4v) is 4.28. The van der Waals surface area contributed by atoms with E-state index in [1.54, 1.807) is 6.07 Å². The molecule has 2 amide bonds. The molecule has 0 saturated carbocycles. The fourth-order valence-electron chi connectivity index (χ4n) is 3.32. The molecule has 2 aromatic carbocycles. The van der Waals surface area contributed by atoms with E-state index in [0.29, 0.717) is 10.8 Å². The van der Waals surface area contributed by atoms with Crippen LogP contribution < -0.4 is 11.1 Å². The van der Waals surface area contributed by atoms with Gasteiger partial charge in [-0.15, -0.1) is 0 Å². The van der Waals surface area contributed by atoms with Gasteiger partial charge >= 0.3 is 0 Å². The summed E-state index contributed by atoms with van der Waals surface area (Å²) in [6, 6.07) is 16.9. The summed E-state index contributed by atoms with van der Waals surface area (Å²) in [4.78, 5) is 38.1. The molecule has 31 heavy (non-hydrogen) atoms. The van der Waals surface area contributed by atoms with Crippen LogP contribution in [0.2, 0.25) is 0 Å². The monoisotopic (exact) mass is 428 g/mol. The number of rotatable bonds is 4. The molecule has 0 unspecified atom stereocenters. The molecule has 0 aliphatic heterocycles. The molecule has 8 nitrogen and oxygen atoms in total. The van der Waals surface area contributed by atoms with E-state index in [9.17, 15) is 9.59 Å². The highest BCUT2D eigenvalue weighted by Gasteiger charge is 2.20. The molecular formula is C22H16N6O2S. The van der Waals surface area contributed by atoms with Crippen LogP contribution in [0.15, 0.2) is 60.9 Å². The average molecular weight is 428 g/mol. The summed E-state index contributed by atoms with van der Waals surface area (Å²) in [6.45, 7) is 2.01. The zero-order valence-electron chi connectivity index (χ0n) is 16.4. The number of nitrogens with two attached hydrogens (primary N) is 1. The number of imidazole rings is 1. The van der Waals surface area contributed by atoms with E-state index >= 15 is 0 Å². The van der Waals surface area contributed by atoms with Gasteiger partial charge in [-0.25, -0.2) is 15.0 Å². The topological polar surface area (TPSA) is 115 Å². The van der Waals surface area contributed by atoms with Crippen LogP contribution in [0.1, 0.15) is 26.5 Å². The Morgan fingerprint density at radius 1 is 1.06 bits per heavy atom. The number of fused-ring (bicyclic) bond motifs is 2. The molecule has 3 heterocycles. The first-order chi connectivity index (χ1) is 15.0. The Morgan fingerprint density at radius 3 is 2.65 bits per heavy atom. The van der Waals surface area contributed by atoms with Crippen LogP contribution in [0, 0.1) is 6.92 Å². The van der Waals surface area contributed by atoms with Gasteiger partial charge in [-0.2, -0.15) is 0 Å². The quantitative estimate of drug-likeness (QED) is 0.453. The summed E-state index contributed by atoms with van der Waals surface area (Å²) in [6.07, 6.45) is 1.37. The highest BCUT2D eigenvalue weighted by atomic mass is 32.1. The molecule has 5 rings (SSSR count). The van der Waals surface area contributed by atoms with Crippen LogP contribution >= 0.6 is 11.3 Å². The number of amides is 2. The Hall–Kier alpha value is -4.11. The first-order valence-electron chi connectivity index (χ1n) is 9.41. The number of anilines is 1. The van der Waals surface area contributed by atoms with Crippen LogP contribution in [0.4, 0.5) is 5.13 Å². The minimum atomic E-state index is -0.715. The number of carbonyl (C=O) groups is 2. The third-order valence-corrected chi connectivity index (χ3v) is 5.74. The van der Waals surface area contributed by atoms with Crippen LogP contribution in [-0.4, -0.2) is 31.2 Å². The summed E-state index contributed by atoms with van der Waals surface area (Å²) in [5.41, 5.74) is 9.20. The van der Waals surface area contributed by atoms with Gasteiger partial charge in [0.2, 0.25) is 0 Å². The summed E-state index contributed by atoms with van der Waals surface area (Å²) < 4.78 is 2.44. The lowest BCUT2D eigenvalue weighted by atomic mass is 10.1. The minimum absolute atomic E-state index is 0.00212. The van der Waals surface area contributed by atoms with Crippen molar-refractivity contribution in [2.45, 2.75) is 6.92 Å². The van der Waals surface area contributed by atoms with Crippen LogP contribution in [0.25, 0.3) is 27.1 Å². The number of benzene rings is 2. The normalized spacial score (nSPS) is 11.1. The van der Waals surface area contributed by atoms with Gasteiger partial charge in [0.15, 0.2) is 16.5 Å². The summed E-state index contributed by atoms with van der Waals surface area (Å²) in [7, 11) is 0. The van der Waals surface area contributed by atoms with Crippen molar-refractivity contribution < 1.29 is 9.59 Å². The molecule has 0 saturated heterocycles. The second-order valence-electron chi connectivity index (χ2n) is 6.99. The maximum Gasteiger partial charge on any atom is 0.274 e. The molecule has 0 aliphatic carbocycles. The Morgan fingerprint density at radius 2 is 1.87 bits per heavy atom. The molecule has 9 heteroatoms. The maximum atomic E-state index is 13.2. The Bertz CT molecular complexity index is 1470. The number of carbonyl (C=O) groups excluding carboxylic acids is 2. The summed E-state index contributed by atoms with van der Waals surface area (Å²) in [5.74, 6) is -1.11. The number of aryl methyl sites for hydroxylation is 1. The molecule has 0 spiro atoms. The van der Waals surface area contributed by atoms with Crippen LogP contribution in [0.3, 0.4) is 0 Å². The molecule has 3 N–H and O–H groups in total. The predicted molar refractivity (Wildman–Crippen MR) is 119 cm³/mol. The smallest absolute Gasteiger partial charge is 0.274 e. The van der Waals surface area contributed by atoms with Gasteiger partial charge < -0.3 is 5.73 Å². The number of aromatic nitrogens is 4. The molecule has 5 aromatic rings. The lowest BCUT2D eigenvalue weighted by molar-refractivity contribution is 0.0993. The van der Waals surface area contributed by atoms with Crippen molar-refractivity contribution in [3.63, 3.8) is 0 Å². The van der Waals surface area contributed by atoms with Crippen molar-refractivity contribution in [3.8, 4) is 11.3 Å². The summed E-state index contributed by atoms with van der Waals surface area (Å²) in [5, 5.41) is 3.33. The van der Waals surface area contributed by atoms with E-state index in [-0.39, 0.29) is 17.0 Å². The number of thiazole rings is 1. The van der Waals surface area contributed by atoms with Crippen molar-refractivity contribution in [2.75, 3.05) is 5.32 Å². The number of nitrogens with one attached hydrogen (secondary N) is 1. The second-order valence-corrected chi connectivity index (χ2v) is 8.02. The van der Waals surface area contributed by atoms with E-state index in [4.69, 9.17) is 5.73 Å². The van der Waals surface area contributed by atoms with Gasteiger partial charge in [-0.3, -0.25) is 19.3 Å². The standard InChI is InChI=1S/C22H16N6O2S/c1-12-7-8-14-17(9-12)31-22(26-14)27-21(30)16-10-15(13-5-3-2-4-6-13)25-20-18(19(23)29)24-11-28(16)20/h2-11H,1H3,(H2,23,29)(H,26,27,30). The van der Waals surface area contributed by atoms with Crippen molar-refractivity contribution in [1.82, 2.24) is 19.4 Å². The van der Waals surface area contributed by atoms with E-state index < -0.39 is 11.8 Å². The maximum absolute atomic E-state index is 13.2. The third-order valence-electron chi connectivity index (χ3n) is 4.80. The Labute approximate surface area is 180 Å². The van der Waals surface area contributed by atoms with E-state index in [1.165, 1.54) is 22.1 Å². The number of hydrogen-bond acceptors (Lipinski definition) is 6. The van der Waals surface area contributed by atoms with Crippen molar-refractivity contribution in [1.29, 1.82) is 0 Å². The lowest BCUT2D eigenvalue weighted by Gasteiger charge is -2.09. The number of primary amides is 1. The molecule has 152 valence electrons. The predicted octanol–water partition coefficient (Wildman–Crippen LogP) is 3.67. The van der Waals surface area contributed by atoms with E-state index in [2.05, 4.69) is 20.3 Å². The molecule has 3 aromatic heterocycles.